The Labute approximate surface area is 170 Å². The van der Waals surface area contributed by atoms with E-state index < -0.39 is 10.8 Å². The van der Waals surface area contributed by atoms with Crippen molar-refractivity contribution in [1.29, 1.82) is 0 Å². The molecule has 2 N–H and O–H groups in total. The van der Waals surface area contributed by atoms with Crippen LogP contribution < -0.4 is 10.6 Å². The van der Waals surface area contributed by atoms with E-state index in [9.17, 15) is 14.9 Å². The van der Waals surface area contributed by atoms with Crippen molar-refractivity contribution in [1.82, 2.24) is 5.32 Å². The monoisotopic (exact) mass is 415 g/mol. The second-order valence-electron chi connectivity index (χ2n) is 5.84. The Morgan fingerprint density at radius 3 is 2.50 bits per heavy atom. The maximum atomic E-state index is 12.3. The van der Waals surface area contributed by atoms with E-state index in [2.05, 4.69) is 10.6 Å². The summed E-state index contributed by atoms with van der Waals surface area (Å²) in [7, 11) is 0. The number of hydrogen-bond acceptors (Lipinski definition) is 5. The lowest BCUT2D eigenvalue weighted by molar-refractivity contribution is -0.384. The van der Waals surface area contributed by atoms with Crippen LogP contribution in [0.1, 0.15) is 16.1 Å². The molecule has 2 aromatic carbocycles. The lowest BCUT2D eigenvalue weighted by Gasteiger charge is -2.10. The number of amides is 1. The van der Waals surface area contributed by atoms with Gasteiger partial charge in [-0.2, -0.15) is 0 Å². The molecule has 0 fully saturated rings. The minimum absolute atomic E-state index is 0.0247. The number of aryl methyl sites for hydroxylation is 1. The van der Waals surface area contributed by atoms with Crippen LogP contribution in [0.4, 0.5) is 11.4 Å². The summed E-state index contributed by atoms with van der Waals surface area (Å²) in [5, 5.41) is 16.8. The summed E-state index contributed by atoms with van der Waals surface area (Å²) < 4.78 is 5.57. The number of rotatable bonds is 4. The average molecular weight is 416 g/mol. The topological polar surface area (TPSA) is 97.4 Å². The van der Waals surface area contributed by atoms with Crippen molar-refractivity contribution in [3.63, 3.8) is 0 Å². The van der Waals surface area contributed by atoms with E-state index in [0.29, 0.717) is 22.0 Å². The first-order valence-corrected chi connectivity index (χ1v) is 8.85. The zero-order valence-electron chi connectivity index (χ0n) is 14.6. The van der Waals surface area contributed by atoms with Crippen molar-refractivity contribution < 1.29 is 14.1 Å². The molecule has 142 valence electrons. The van der Waals surface area contributed by atoms with Crippen LogP contribution in [0.15, 0.2) is 59.0 Å². The van der Waals surface area contributed by atoms with Gasteiger partial charge in [-0.25, -0.2) is 0 Å². The van der Waals surface area contributed by atoms with Gasteiger partial charge < -0.3 is 9.73 Å². The molecular formula is C19H14ClN3O4S. The van der Waals surface area contributed by atoms with Gasteiger partial charge in [0, 0.05) is 28.4 Å². The zero-order chi connectivity index (χ0) is 20.3. The second kappa shape index (κ2) is 8.20. The predicted molar refractivity (Wildman–Crippen MR) is 111 cm³/mol. The third-order valence-electron chi connectivity index (χ3n) is 3.85. The van der Waals surface area contributed by atoms with Gasteiger partial charge in [-0.15, -0.1) is 0 Å². The van der Waals surface area contributed by atoms with E-state index in [-0.39, 0.29) is 16.6 Å². The van der Waals surface area contributed by atoms with Gasteiger partial charge in [0.15, 0.2) is 10.9 Å². The molecule has 0 bridgehead atoms. The van der Waals surface area contributed by atoms with Crippen molar-refractivity contribution in [3.05, 3.63) is 81.1 Å². The molecule has 0 saturated heterocycles. The van der Waals surface area contributed by atoms with Crippen LogP contribution in [0.5, 0.6) is 0 Å². The molecule has 3 rings (SSSR count). The molecule has 28 heavy (non-hydrogen) atoms. The number of halogens is 1. The fraction of sp³-hybridized carbons (Fsp3) is 0.0526. The van der Waals surface area contributed by atoms with Crippen molar-refractivity contribution in [2.75, 3.05) is 5.32 Å². The number of carbonyl (C=O) groups is 1. The van der Waals surface area contributed by atoms with Crippen LogP contribution in [0.3, 0.4) is 0 Å². The first kappa shape index (κ1) is 19.5. The predicted octanol–water partition coefficient (Wildman–Crippen LogP) is 4.94. The number of anilines is 1. The van der Waals surface area contributed by atoms with Gasteiger partial charge in [-0.1, -0.05) is 11.6 Å². The maximum Gasteiger partial charge on any atom is 0.293 e. The number of nitrogens with zero attached hydrogens (tertiary/aromatic N) is 1. The van der Waals surface area contributed by atoms with E-state index in [1.807, 2.05) is 0 Å². The molecule has 3 aromatic rings. The second-order valence-corrected chi connectivity index (χ2v) is 6.68. The number of benzene rings is 2. The number of carbonyl (C=O) groups excluding carboxylic acids is 1. The SMILES string of the molecule is Cc1cc([N+](=O)[O-])ccc1NC(=S)NC(=O)c1ccc(-c2ccc(Cl)cc2)o1. The molecule has 0 atom stereocenters. The Kier molecular flexibility index (Phi) is 5.72. The molecular weight excluding hydrogens is 402 g/mol. The summed E-state index contributed by atoms with van der Waals surface area (Å²) in [6, 6.07) is 14.5. The lowest BCUT2D eigenvalue weighted by Crippen LogP contribution is -2.34. The van der Waals surface area contributed by atoms with Crippen LogP contribution in [-0.4, -0.2) is 15.9 Å². The smallest absolute Gasteiger partial charge is 0.293 e. The standard InChI is InChI=1S/C19H14ClN3O4S/c1-11-10-14(23(25)26)6-7-15(11)21-19(28)22-18(24)17-9-8-16(27-17)12-2-4-13(20)5-3-12/h2-10H,1H3,(H2,21,22,24,28). The highest BCUT2D eigenvalue weighted by Gasteiger charge is 2.15. The van der Waals surface area contributed by atoms with Gasteiger partial charge >= 0.3 is 0 Å². The van der Waals surface area contributed by atoms with Gasteiger partial charge in [0.05, 0.1) is 4.92 Å². The molecule has 7 nitrogen and oxygen atoms in total. The Morgan fingerprint density at radius 1 is 1.14 bits per heavy atom. The van der Waals surface area contributed by atoms with E-state index in [1.165, 1.54) is 18.2 Å². The summed E-state index contributed by atoms with van der Waals surface area (Å²) in [4.78, 5) is 22.6. The Morgan fingerprint density at radius 2 is 1.86 bits per heavy atom. The molecule has 1 heterocycles. The first-order valence-electron chi connectivity index (χ1n) is 8.06. The molecule has 0 saturated carbocycles. The fourth-order valence-electron chi connectivity index (χ4n) is 2.45. The summed E-state index contributed by atoms with van der Waals surface area (Å²) in [6.07, 6.45) is 0. The van der Waals surface area contributed by atoms with Crippen LogP contribution in [0.25, 0.3) is 11.3 Å². The number of non-ortho nitro benzene ring substituents is 1. The first-order chi connectivity index (χ1) is 13.3. The van der Waals surface area contributed by atoms with E-state index >= 15 is 0 Å². The normalized spacial score (nSPS) is 10.4. The highest BCUT2D eigenvalue weighted by atomic mass is 35.5. The summed E-state index contributed by atoms with van der Waals surface area (Å²) in [6.45, 7) is 1.70. The molecule has 0 radical (unpaired) electrons. The van der Waals surface area contributed by atoms with Crippen molar-refractivity contribution in [2.24, 2.45) is 0 Å². The molecule has 0 aliphatic carbocycles. The third-order valence-corrected chi connectivity index (χ3v) is 4.31. The zero-order valence-corrected chi connectivity index (χ0v) is 16.1. The number of nitrogens with one attached hydrogen (secondary N) is 2. The molecule has 1 amide bonds. The summed E-state index contributed by atoms with van der Waals surface area (Å²) in [5.41, 5.74) is 1.93. The molecule has 0 aliphatic rings. The van der Waals surface area contributed by atoms with E-state index in [1.54, 1.807) is 43.3 Å². The molecule has 9 heteroatoms. The Hall–Kier alpha value is -3.23. The summed E-state index contributed by atoms with van der Waals surface area (Å²) >= 11 is 11.0. The average Bonchev–Trinajstić information content (AvgIpc) is 3.14. The van der Waals surface area contributed by atoms with Gasteiger partial charge in [0.1, 0.15) is 5.76 Å². The van der Waals surface area contributed by atoms with Crippen LogP contribution in [-0.2, 0) is 0 Å². The third kappa shape index (κ3) is 4.54. The van der Waals surface area contributed by atoms with Gasteiger partial charge in [-0.05, 0) is 67.2 Å². The number of nitro benzene ring substituents is 1. The van der Waals surface area contributed by atoms with Gasteiger partial charge in [0.2, 0.25) is 0 Å². The largest absolute Gasteiger partial charge is 0.451 e. The Balaban J connectivity index is 1.65. The molecule has 0 spiro atoms. The highest BCUT2D eigenvalue weighted by molar-refractivity contribution is 7.80. The number of thiocarbonyl (C=S) groups is 1. The van der Waals surface area contributed by atoms with Crippen molar-refractivity contribution in [2.45, 2.75) is 6.92 Å². The highest BCUT2D eigenvalue weighted by Crippen LogP contribution is 2.24. The van der Waals surface area contributed by atoms with Crippen LogP contribution in [0, 0.1) is 17.0 Å². The van der Waals surface area contributed by atoms with Crippen LogP contribution in [0.2, 0.25) is 5.02 Å². The van der Waals surface area contributed by atoms with Gasteiger partial charge in [-0.3, -0.25) is 20.2 Å². The summed E-state index contributed by atoms with van der Waals surface area (Å²) in [5.74, 6) is 0.0960. The fourth-order valence-corrected chi connectivity index (χ4v) is 2.78. The minimum Gasteiger partial charge on any atom is -0.451 e. The number of nitro groups is 1. The molecule has 1 aromatic heterocycles. The lowest BCUT2D eigenvalue weighted by atomic mass is 10.2. The molecule has 0 unspecified atom stereocenters. The quantitative estimate of drug-likeness (QED) is 0.355. The van der Waals surface area contributed by atoms with Gasteiger partial charge in [0.25, 0.3) is 11.6 Å². The van der Waals surface area contributed by atoms with E-state index in [4.69, 9.17) is 28.2 Å². The van der Waals surface area contributed by atoms with Crippen LogP contribution >= 0.6 is 23.8 Å². The van der Waals surface area contributed by atoms with Crippen molar-refractivity contribution >= 4 is 46.2 Å². The number of hydrogen-bond donors (Lipinski definition) is 2. The molecule has 0 aliphatic heterocycles. The van der Waals surface area contributed by atoms with E-state index in [0.717, 1.165) is 5.56 Å². The number of furan rings is 1. The Bertz CT molecular complexity index is 1060. The maximum absolute atomic E-state index is 12.3. The van der Waals surface area contributed by atoms with Crippen molar-refractivity contribution in [3.8, 4) is 11.3 Å². The minimum atomic E-state index is -0.516.